The molecule has 1 heterocycles. The fourth-order valence-corrected chi connectivity index (χ4v) is 5.69. The first-order valence-corrected chi connectivity index (χ1v) is 11.0. The lowest BCUT2D eigenvalue weighted by molar-refractivity contribution is -0.124. The minimum absolute atomic E-state index is 0.245. The fraction of sp³-hybridized carbons (Fsp3) is 0.696. The molecule has 1 amide bonds. The Morgan fingerprint density at radius 1 is 1.04 bits per heavy atom. The van der Waals surface area contributed by atoms with E-state index >= 15 is 0 Å². The molecule has 2 aliphatic carbocycles. The van der Waals surface area contributed by atoms with Gasteiger partial charge in [0.25, 0.3) is 0 Å². The van der Waals surface area contributed by atoms with Crippen molar-refractivity contribution in [2.75, 3.05) is 45.8 Å². The molecule has 4 heteroatoms. The Balaban J connectivity index is 1.30. The second-order valence-corrected chi connectivity index (χ2v) is 8.82. The number of benzene rings is 1. The van der Waals surface area contributed by atoms with Crippen molar-refractivity contribution in [2.45, 2.75) is 50.9 Å². The Bertz CT molecular complexity index is 632. The van der Waals surface area contributed by atoms with Crippen LogP contribution in [0.3, 0.4) is 0 Å². The van der Waals surface area contributed by atoms with Crippen molar-refractivity contribution < 1.29 is 4.79 Å². The van der Waals surface area contributed by atoms with E-state index in [-0.39, 0.29) is 16.7 Å². The van der Waals surface area contributed by atoms with Crippen molar-refractivity contribution in [1.29, 1.82) is 0 Å². The molecule has 1 aliphatic heterocycles. The van der Waals surface area contributed by atoms with Gasteiger partial charge in [0.1, 0.15) is 0 Å². The summed E-state index contributed by atoms with van der Waals surface area (Å²) >= 11 is 0. The topological polar surface area (TPSA) is 35.6 Å². The van der Waals surface area contributed by atoms with Gasteiger partial charge in [0.15, 0.2) is 0 Å². The standard InChI is InChI=1S/C23H35N3O/c1-2-25-15-17-26(18-16-25)14-8-13-24-21(27)23(20-9-4-3-5-10-20)19-22(23)11-6-7-12-22/h3-5,9-10H,2,6-8,11-19H2,1H3,(H,24,27)/t23-/m1/s1. The second kappa shape index (κ2) is 7.92. The summed E-state index contributed by atoms with van der Waals surface area (Å²) in [4.78, 5) is 18.3. The number of nitrogens with one attached hydrogen (secondary N) is 1. The van der Waals surface area contributed by atoms with Gasteiger partial charge in [0.05, 0.1) is 5.41 Å². The fourth-order valence-electron chi connectivity index (χ4n) is 5.69. The van der Waals surface area contributed by atoms with Gasteiger partial charge in [-0.1, -0.05) is 50.1 Å². The van der Waals surface area contributed by atoms with Gasteiger partial charge in [-0.3, -0.25) is 4.79 Å². The van der Waals surface area contributed by atoms with E-state index in [1.807, 2.05) is 0 Å². The molecule has 1 N–H and O–H groups in total. The number of amides is 1. The monoisotopic (exact) mass is 369 g/mol. The largest absolute Gasteiger partial charge is 0.355 e. The lowest BCUT2D eigenvalue weighted by Crippen LogP contribution is -2.47. The van der Waals surface area contributed by atoms with E-state index in [0.29, 0.717) is 0 Å². The van der Waals surface area contributed by atoms with Gasteiger partial charge in [-0.2, -0.15) is 0 Å². The minimum Gasteiger partial charge on any atom is -0.355 e. The van der Waals surface area contributed by atoms with Crippen LogP contribution >= 0.6 is 0 Å². The van der Waals surface area contributed by atoms with E-state index in [4.69, 9.17) is 0 Å². The van der Waals surface area contributed by atoms with Gasteiger partial charge in [-0.25, -0.2) is 0 Å². The first-order valence-electron chi connectivity index (χ1n) is 11.0. The van der Waals surface area contributed by atoms with Crippen molar-refractivity contribution in [1.82, 2.24) is 15.1 Å². The minimum atomic E-state index is -0.252. The predicted molar refractivity (Wildman–Crippen MR) is 110 cm³/mol. The van der Waals surface area contributed by atoms with Gasteiger partial charge in [-0.15, -0.1) is 0 Å². The van der Waals surface area contributed by atoms with Crippen molar-refractivity contribution in [3.8, 4) is 0 Å². The Hall–Kier alpha value is -1.39. The summed E-state index contributed by atoms with van der Waals surface area (Å²) in [6.07, 6.45) is 7.11. The number of nitrogens with zero attached hydrogens (tertiary/aromatic N) is 2. The average molecular weight is 370 g/mol. The van der Waals surface area contributed by atoms with E-state index in [0.717, 1.165) is 32.5 Å². The van der Waals surface area contributed by atoms with Crippen LogP contribution in [0.25, 0.3) is 0 Å². The Morgan fingerprint density at radius 3 is 2.37 bits per heavy atom. The number of piperazine rings is 1. The lowest BCUT2D eigenvalue weighted by Gasteiger charge is -2.34. The highest BCUT2D eigenvalue weighted by Crippen LogP contribution is 2.72. The van der Waals surface area contributed by atoms with Crippen molar-refractivity contribution in [2.24, 2.45) is 5.41 Å². The molecular weight excluding hydrogens is 334 g/mol. The number of carbonyl (C=O) groups excluding carboxylic acids is 1. The van der Waals surface area contributed by atoms with Crippen LogP contribution in [0.1, 0.15) is 51.0 Å². The third-order valence-corrected chi connectivity index (χ3v) is 7.45. The van der Waals surface area contributed by atoms with Crippen LogP contribution in [0, 0.1) is 5.41 Å². The van der Waals surface area contributed by atoms with Crippen LogP contribution in [0.15, 0.2) is 30.3 Å². The highest BCUT2D eigenvalue weighted by molar-refractivity contribution is 5.93. The maximum absolute atomic E-state index is 13.3. The molecule has 1 saturated heterocycles. The third kappa shape index (κ3) is 3.54. The quantitative estimate of drug-likeness (QED) is 0.751. The molecule has 4 rings (SSSR count). The van der Waals surface area contributed by atoms with Crippen molar-refractivity contribution in [3.05, 3.63) is 35.9 Å². The summed E-state index contributed by atoms with van der Waals surface area (Å²) in [6, 6.07) is 10.6. The number of rotatable bonds is 7. The van der Waals surface area contributed by atoms with E-state index in [9.17, 15) is 4.79 Å². The summed E-state index contributed by atoms with van der Waals surface area (Å²) < 4.78 is 0. The van der Waals surface area contributed by atoms with E-state index in [1.54, 1.807) is 0 Å². The number of carbonyl (C=O) groups is 1. The molecule has 0 bridgehead atoms. The van der Waals surface area contributed by atoms with Crippen LogP contribution in [0.2, 0.25) is 0 Å². The normalized spacial score (nSPS) is 27.7. The molecule has 3 fully saturated rings. The summed E-state index contributed by atoms with van der Waals surface area (Å²) in [7, 11) is 0. The number of hydrogen-bond donors (Lipinski definition) is 1. The molecule has 3 aliphatic rings. The number of likely N-dealkylation sites (N-methyl/N-ethyl adjacent to an activating group) is 1. The summed E-state index contributed by atoms with van der Waals surface area (Å²) in [5.41, 5.74) is 1.23. The summed E-state index contributed by atoms with van der Waals surface area (Å²) in [5.74, 6) is 0.284. The zero-order chi connectivity index (χ0) is 18.7. The average Bonchev–Trinajstić information content (AvgIpc) is 3.13. The zero-order valence-corrected chi connectivity index (χ0v) is 16.9. The molecular formula is C23H35N3O. The van der Waals surface area contributed by atoms with Gasteiger partial charge in [0.2, 0.25) is 5.91 Å². The molecule has 0 unspecified atom stereocenters. The van der Waals surface area contributed by atoms with Gasteiger partial charge in [-0.05, 0) is 49.8 Å². The van der Waals surface area contributed by atoms with Gasteiger partial charge >= 0.3 is 0 Å². The van der Waals surface area contributed by atoms with Crippen LogP contribution < -0.4 is 5.32 Å². The second-order valence-electron chi connectivity index (χ2n) is 8.82. The molecule has 148 valence electrons. The highest BCUT2D eigenvalue weighted by atomic mass is 16.2. The van der Waals surface area contributed by atoms with Gasteiger partial charge in [0, 0.05) is 32.7 Å². The molecule has 2 saturated carbocycles. The molecule has 0 radical (unpaired) electrons. The zero-order valence-electron chi connectivity index (χ0n) is 16.9. The van der Waals surface area contributed by atoms with Crippen molar-refractivity contribution >= 4 is 5.91 Å². The molecule has 27 heavy (non-hydrogen) atoms. The summed E-state index contributed by atoms with van der Waals surface area (Å²) in [6.45, 7) is 10.00. The predicted octanol–water partition coefficient (Wildman–Crippen LogP) is 3.03. The molecule has 1 spiro atoms. The Morgan fingerprint density at radius 2 is 1.70 bits per heavy atom. The lowest BCUT2D eigenvalue weighted by atomic mass is 9.84. The highest BCUT2D eigenvalue weighted by Gasteiger charge is 2.72. The van der Waals surface area contributed by atoms with E-state index in [1.165, 1.54) is 57.4 Å². The summed E-state index contributed by atoms with van der Waals surface area (Å²) in [5, 5.41) is 3.32. The molecule has 1 aromatic rings. The first-order chi connectivity index (χ1) is 13.2. The SMILES string of the molecule is CCN1CCN(CCCNC(=O)[C@]2(c3ccccc3)CC23CCCC3)CC1. The Kier molecular flexibility index (Phi) is 5.56. The maximum Gasteiger partial charge on any atom is 0.231 e. The molecule has 1 atom stereocenters. The Labute approximate surface area is 164 Å². The molecule has 4 nitrogen and oxygen atoms in total. The van der Waals surface area contributed by atoms with E-state index < -0.39 is 0 Å². The van der Waals surface area contributed by atoms with Crippen molar-refractivity contribution in [3.63, 3.8) is 0 Å². The van der Waals surface area contributed by atoms with E-state index in [2.05, 4.69) is 52.4 Å². The van der Waals surface area contributed by atoms with Crippen LogP contribution in [-0.4, -0.2) is 61.5 Å². The first kappa shape index (κ1) is 18.9. The van der Waals surface area contributed by atoms with Crippen LogP contribution in [-0.2, 0) is 10.2 Å². The van der Waals surface area contributed by atoms with Crippen LogP contribution in [0.5, 0.6) is 0 Å². The third-order valence-electron chi connectivity index (χ3n) is 7.45. The van der Waals surface area contributed by atoms with Crippen LogP contribution in [0.4, 0.5) is 0 Å². The molecule has 0 aromatic heterocycles. The number of hydrogen-bond acceptors (Lipinski definition) is 3. The molecule has 1 aromatic carbocycles. The van der Waals surface area contributed by atoms with Gasteiger partial charge < -0.3 is 15.1 Å². The smallest absolute Gasteiger partial charge is 0.231 e. The maximum atomic E-state index is 13.3.